The molecule has 0 aliphatic heterocycles. The van der Waals surface area contributed by atoms with Crippen LogP contribution in [0.25, 0.3) is 22.6 Å². The van der Waals surface area contributed by atoms with Crippen molar-refractivity contribution >= 4 is 33.9 Å². The van der Waals surface area contributed by atoms with Crippen LogP contribution < -0.4 is 0 Å². The van der Waals surface area contributed by atoms with E-state index in [1.165, 1.54) is 12.1 Å². The van der Waals surface area contributed by atoms with Gasteiger partial charge in [0.15, 0.2) is 17.4 Å². The van der Waals surface area contributed by atoms with Gasteiger partial charge in [0.25, 0.3) is 5.92 Å². The zero-order chi connectivity index (χ0) is 26.2. The summed E-state index contributed by atoms with van der Waals surface area (Å²) in [7, 11) is 0. The molecule has 1 aliphatic carbocycles. The van der Waals surface area contributed by atoms with E-state index in [1.54, 1.807) is 6.20 Å². The highest BCUT2D eigenvalue weighted by Crippen LogP contribution is 2.40. The van der Waals surface area contributed by atoms with E-state index in [0.717, 1.165) is 66.5 Å². The van der Waals surface area contributed by atoms with Gasteiger partial charge in [0.05, 0.1) is 20.8 Å². The second-order valence-electron chi connectivity index (χ2n) is 9.87. The summed E-state index contributed by atoms with van der Waals surface area (Å²) in [6.07, 6.45) is 6.12. The largest absolute Gasteiger partial charge is 0.320 e. The number of Topliss-reactive ketones (excluding diaryl/α,β-unsaturated/α-hetero) is 2. The van der Waals surface area contributed by atoms with E-state index < -0.39 is 5.92 Å². The lowest BCUT2D eigenvalue weighted by Crippen LogP contribution is -2.22. The first kappa shape index (κ1) is 25.4. The SMILES string of the molecule is CCC(=O)c1ccc2c(c1)nc(-c1ccccn1)n2[C@@H]1CCC[C@H](CC(=O)c2ccc(C(C)(F)F)s2)C1. The molecule has 0 radical (unpaired) electrons. The number of thiophene rings is 1. The van der Waals surface area contributed by atoms with Crippen molar-refractivity contribution in [2.45, 2.75) is 64.3 Å². The summed E-state index contributed by atoms with van der Waals surface area (Å²) in [5.74, 6) is -2.04. The number of ketones is 2. The highest BCUT2D eigenvalue weighted by molar-refractivity contribution is 7.14. The highest BCUT2D eigenvalue weighted by Gasteiger charge is 2.31. The smallest absolute Gasteiger partial charge is 0.279 e. The molecule has 2 atom stereocenters. The molecule has 0 bridgehead atoms. The Bertz CT molecular complexity index is 1440. The van der Waals surface area contributed by atoms with Crippen LogP contribution in [-0.2, 0) is 5.92 Å². The zero-order valence-corrected chi connectivity index (χ0v) is 21.7. The standard InChI is InChI=1S/C29H29F2N3O2S/c1-3-24(35)19-10-11-23-22(17-19)33-28(21-9-4-5-14-32-21)34(23)20-8-6-7-18(15-20)16-25(36)26-12-13-27(37-26)29(2,30)31/h4-5,9-14,17-18,20H,3,6-8,15-16H2,1-2H3/t18-,20+/m0/s1. The van der Waals surface area contributed by atoms with Crippen LogP contribution in [0.4, 0.5) is 8.78 Å². The number of rotatable bonds is 8. The van der Waals surface area contributed by atoms with Gasteiger partial charge in [-0.05, 0) is 67.6 Å². The molecule has 4 aromatic rings. The minimum Gasteiger partial charge on any atom is -0.320 e. The Kier molecular flexibility index (Phi) is 7.03. The summed E-state index contributed by atoms with van der Waals surface area (Å²) in [4.78, 5) is 35.1. The third-order valence-electron chi connectivity index (χ3n) is 7.13. The summed E-state index contributed by atoms with van der Waals surface area (Å²) in [6.45, 7) is 2.70. The van der Waals surface area contributed by atoms with E-state index in [0.29, 0.717) is 23.3 Å². The molecule has 1 saturated carbocycles. The molecule has 0 spiro atoms. The fraction of sp³-hybridized carbons (Fsp3) is 0.379. The van der Waals surface area contributed by atoms with Crippen LogP contribution in [0.3, 0.4) is 0 Å². The van der Waals surface area contributed by atoms with E-state index in [9.17, 15) is 18.4 Å². The molecular weight excluding hydrogens is 492 g/mol. The first-order valence-electron chi connectivity index (χ1n) is 12.7. The summed E-state index contributed by atoms with van der Waals surface area (Å²) >= 11 is 0.892. The van der Waals surface area contributed by atoms with Crippen LogP contribution >= 0.6 is 11.3 Å². The number of fused-ring (bicyclic) bond motifs is 1. The molecule has 0 amide bonds. The van der Waals surface area contributed by atoms with Gasteiger partial charge in [-0.15, -0.1) is 11.3 Å². The normalized spacial score (nSPS) is 18.3. The average molecular weight is 522 g/mol. The number of pyridine rings is 1. The van der Waals surface area contributed by atoms with Crippen LogP contribution in [0.2, 0.25) is 0 Å². The predicted molar refractivity (Wildman–Crippen MR) is 141 cm³/mol. The third-order valence-corrected chi connectivity index (χ3v) is 8.43. The maximum Gasteiger partial charge on any atom is 0.279 e. The number of halogens is 2. The average Bonchev–Trinajstić information content (AvgIpc) is 3.54. The first-order valence-corrected chi connectivity index (χ1v) is 13.5. The van der Waals surface area contributed by atoms with Crippen LogP contribution in [-0.4, -0.2) is 26.1 Å². The molecule has 0 saturated heterocycles. The van der Waals surface area contributed by atoms with Crippen molar-refractivity contribution in [1.82, 2.24) is 14.5 Å². The van der Waals surface area contributed by atoms with Gasteiger partial charge in [-0.25, -0.2) is 13.8 Å². The number of nitrogens with zero attached hydrogens (tertiary/aromatic N) is 3. The fourth-order valence-electron chi connectivity index (χ4n) is 5.29. The van der Waals surface area contributed by atoms with Gasteiger partial charge in [0, 0.05) is 37.6 Å². The van der Waals surface area contributed by atoms with E-state index >= 15 is 0 Å². The fourth-order valence-corrected chi connectivity index (χ4v) is 6.18. The van der Waals surface area contributed by atoms with Crippen molar-refractivity contribution in [1.29, 1.82) is 0 Å². The van der Waals surface area contributed by atoms with Crippen molar-refractivity contribution in [3.8, 4) is 11.5 Å². The first-order chi connectivity index (χ1) is 17.7. The number of hydrogen-bond donors (Lipinski definition) is 0. The monoisotopic (exact) mass is 521 g/mol. The van der Waals surface area contributed by atoms with Gasteiger partial charge in [0.2, 0.25) is 0 Å². The van der Waals surface area contributed by atoms with Crippen molar-refractivity contribution in [3.63, 3.8) is 0 Å². The molecule has 37 heavy (non-hydrogen) atoms. The number of hydrogen-bond acceptors (Lipinski definition) is 5. The Balaban J connectivity index is 1.44. The van der Waals surface area contributed by atoms with E-state index in [2.05, 4.69) is 9.55 Å². The Morgan fingerprint density at radius 2 is 1.95 bits per heavy atom. The minimum absolute atomic E-state index is 0.0737. The molecule has 5 nitrogen and oxygen atoms in total. The van der Waals surface area contributed by atoms with Crippen LogP contribution in [0, 0.1) is 5.92 Å². The number of carbonyl (C=O) groups excluding carboxylic acids is 2. The summed E-state index contributed by atoms with van der Waals surface area (Å²) in [5, 5.41) is 0. The van der Waals surface area contributed by atoms with Crippen LogP contribution in [0.5, 0.6) is 0 Å². The van der Waals surface area contributed by atoms with Crippen molar-refractivity contribution < 1.29 is 18.4 Å². The predicted octanol–water partition coefficient (Wildman–Crippen LogP) is 7.87. The molecule has 3 aromatic heterocycles. The minimum atomic E-state index is -2.94. The third kappa shape index (κ3) is 5.25. The second-order valence-corrected chi connectivity index (χ2v) is 11.0. The molecule has 192 valence electrons. The quantitative estimate of drug-likeness (QED) is 0.221. The maximum atomic E-state index is 13.7. The van der Waals surface area contributed by atoms with Crippen molar-refractivity contribution in [2.75, 3.05) is 0 Å². The lowest BCUT2D eigenvalue weighted by Gasteiger charge is -2.31. The molecule has 8 heteroatoms. The van der Waals surface area contributed by atoms with Crippen molar-refractivity contribution in [2.24, 2.45) is 5.92 Å². The molecule has 1 aliphatic rings. The molecule has 1 aromatic carbocycles. The van der Waals surface area contributed by atoms with Gasteiger partial charge in [-0.3, -0.25) is 14.6 Å². The number of imidazole rings is 1. The summed E-state index contributed by atoms with van der Waals surface area (Å²) in [6, 6.07) is 14.4. The van der Waals surface area contributed by atoms with Gasteiger partial charge in [0.1, 0.15) is 5.69 Å². The van der Waals surface area contributed by atoms with Gasteiger partial charge >= 0.3 is 0 Å². The van der Waals surface area contributed by atoms with Gasteiger partial charge in [-0.1, -0.05) is 19.4 Å². The van der Waals surface area contributed by atoms with Gasteiger partial charge < -0.3 is 4.57 Å². The van der Waals surface area contributed by atoms with Crippen LogP contribution in [0.1, 0.15) is 83.3 Å². The van der Waals surface area contributed by atoms with E-state index in [4.69, 9.17) is 4.98 Å². The number of aromatic nitrogens is 3. The summed E-state index contributed by atoms with van der Waals surface area (Å²) < 4.78 is 29.5. The van der Waals surface area contributed by atoms with E-state index in [1.807, 2.05) is 43.3 Å². The molecule has 1 fully saturated rings. The molecule has 5 rings (SSSR count). The molecule has 0 N–H and O–H groups in total. The molecular formula is C29H29F2N3O2S. The maximum absolute atomic E-state index is 13.7. The lowest BCUT2D eigenvalue weighted by atomic mass is 9.82. The molecule has 3 heterocycles. The molecule has 0 unspecified atom stereocenters. The number of benzene rings is 1. The van der Waals surface area contributed by atoms with Gasteiger partial charge in [-0.2, -0.15) is 0 Å². The Morgan fingerprint density at radius 1 is 1.11 bits per heavy atom. The summed E-state index contributed by atoms with van der Waals surface area (Å²) in [5.41, 5.74) is 3.10. The highest BCUT2D eigenvalue weighted by atomic mass is 32.1. The van der Waals surface area contributed by atoms with Crippen molar-refractivity contribution in [3.05, 3.63) is 70.0 Å². The number of alkyl halides is 2. The Hall–Kier alpha value is -3.26. The Labute approximate surface area is 218 Å². The second kappa shape index (κ2) is 10.2. The van der Waals surface area contributed by atoms with E-state index in [-0.39, 0.29) is 28.4 Å². The zero-order valence-electron chi connectivity index (χ0n) is 20.9. The number of carbonyl (C=O) groups is 2. The van der Waals surface area contributed by atoms with Crippen LogP contribution in [0.15, 0.2) is 54.7 Å². The topological polar surface area (TPSA) is 64.8 Å². The Morgan fingerprint density at radius 3 is 2.65 bits per heavy atom. The lowest BCUT2D eigenvalue weighted by molar-refractivity contribution is 0.0215.